The Morgan fingerprint density at radius 3 is 2.41 bits per heavy atom. The predicted octanol–water partition coefficient (Wildman–Crippen LogP) is 9.34. The molecule has 0 amide bonds. The molecule has 16 nitrogen and oxygen atoms in total. The molecule has 3 aromatic carbocycles. The molecular formula is C62H80NO15P. The Morgan fingerprint density at radius 2 is 1.62 bits per heavy atom. The van der Waals surface area contributed by atoms with Gasteiger partial charge in [-0.1, -0.05) is 112 Å². The summed E-state index contributed by atoms with van der Waals surface area (Å²) in [5.41, 5.74) is 0.295. The number of aryl methyl sites for hydroxylation is 1. The summed E-state index contributed by atoms with van der Waals surface area (Å²) in [5.74, 6) is -2.45. The summed E-state index contributed by atoms with van der Waals surface area (Å²) in [6.07, 6.45) is 16.2. The van der Waals surface area contributed by atoms with Gasteiger partial charge in [0.2, 0.25) is 5.78 Å². The third-order valence-corrected chi connectivity index (χ3v) is 18.7. The van der Waals surface area contributed by atoms with E-state index in [9.17, 15) is 38.9 Å². The first-order valence-corrected chi connectivity index (χ1v) is 30.3. The molecule has 1 aliphatic heterocycles. The van der Waals surface area contributed by atoms with Crippen molar-refractivity contribution in [1.29, 1.82) is 0 Å². The molecule has 5 fully saturated rings. The zero-order chi connectivity index (χ0) is 55.8. The summed E-state index contributed by atoms with van der Waals surface area (Å²) < 4.78 is 48.0. The van der Waals surface area contributed by atoms with Crippen molar-refractivity contribution in [2.75, 3.05) is 32.9 Å². The van der Waals surface area contributed by atoms with Gasteiger partial charge in [-0.2, -0.15) is 0 Å². The smallest absolute Gasteiger partial charge is 0.457 e. The number of phosphoric ester groups is 1. The Bertz CT molecular complexity index is 2740. The number of phosphoric acid groups is 1. The van der Waals surface area contributed by atoms with E-state index in [2.05, 4.69) is 36.5 Å². The third-order valence-electron chi connectivity index (χ3n) is 18.3. The average Bonchev–Trinajstić information content (AvgIpc) is 2.02. The van der Waals surface area contributed by atoms with Crippen LogP contribution in [0.2, 0.25) is 0 Å². The SMILES string of the molecule is C[C@]12C=CC(=O)C=C1CC[C@@H]1[C@@H]2[C@@H](O)C[C@@]2(C)[C@H]1CC1O[C@@H](C3CCCCC3)O[C@]12C(=O)COC(=O)Cc1ccccc1C(=O)OCc1cc([C@@H](O)CNCCCCCCOCCCCc2ccccc2)ccc1OP(=O)(O)O. The number of hydrogen-bond acceptors (Lipinski definition) is 14. The van der Waals surface area contributed by atoms with Crippen molar-refractivity contribution in [2.45, 2.75) is 160 Å². The second-order valence-electron chi connectivity index (χ2n) is 23.3. The normalized spacial score (nSPS) is 28.7. The molecule has 9 rings (SSSR count). The summed E-state index contributed by atoms with van der Waals surface area (Å²) in [4.78, 5) is 74.5. The Kier molecular flexibility index (Phi) is 19.3. The standard InChI is InChI=1S/C62H80NO15P/c1-60-29-28-47(64)35-46(60)25-26-49-50-36-55-62(61(50,2)37-51(65)57(49)60,77-59(76-55)42-20-9-6-10-21-42)54(67)40-74-56(68)34-43-22-11-12-23-48(43)58(69)75-39-45-33-44(24-27-53(45)78-79(70,71)72)52(66)38-63-30-14-3-4-15-31-73-32-16-13-19-41-17-7-5-8-18-41/h5,7-8,11-12,17-18,22-24,27-29,33,35,42,49-52,55,57,59,63,65-66H,3-4,6,9-10,13-16,19-21,25-26,30-32,34,36-40H2,1-2H3,(H2,70,71,72)/t49-,50-,51-,52-,55?,57+,59+,60-,61-,62+/m0/s1. The minimum Gasteiger partial charge on any atom is -0.457 e. The van der Waals surface area contributed by atoms with Gasteiger partial charge in [-0.25, -0.2) is 9.36 Å². The van der Waals surface area contributed by atoms with E-state index in [-0.39, 0.29) is 64.9 Å². The number of ketones is 2. The van der Waals surface area contributed by atoms with Crippen molar-refractivity contribution in [3.05, 3.63) is 124 Å². The number of allylic oxidation sites excluding steroid dienone is 4. The van der Waals surface area contributed by atoms with Crippen LogP contribution in [-0.4, -0.2) is 101 Å². The molecule has 1 unspecified atom stereocenters. The molecule has 1 heterocycles. The van der Waals surface area contributed by atoms with E-state index in [4.69, 9.17) is 28.2 Å². The van der Waals surface area contributed by atoms with E-state index < -0.39 is 86.2 Å². The number of fused-ring (bicyclic) bond motifs is 7. The lowest BCUT2D eigenvalue weighted by molar-refractivity contribution is -0.210. The molecule has 5 N–H and O–H groups in total. The summed E-state index contributed by atoms with van der Waals surface area (Å²) in [6, 6.07) is 21.0. The number of unbranched alkanes of at least 4 members (excludes halogenated alkanes) is 4. The first-order valence-electron chi connectivity index (χ1n) is 28.8. The molecule has 1 saturated heterocycles. The Labute approximate surface area is 464 Å². The van der Waals surface area contributed by atoms with Gasteiger partial charge in [-0.05, 0) is 136 Å². The van der Waals surface area contributed by atoms with Crippen LogP contribution in [0.25, 0.3) is 0 Å². The van der Waals surface area contributed by atoms with Crippen molar-refractivity contribution >= 4 is 31.3 Å². The second-order valence-corrected chi connectivity index (χ2v) is 24.5. The fraction of sp³-hybridized carbons (Fsp3) is 0.581. The van der Waals surface area contributed by atoms with E-state index in [1.165, 1.54) is 29.8 Å². The molecule has 0 bridgehead atoms. The minimum atomic E-state index is -5.04. The first-order chi connectivity index (χ1) is 38.0. The van der Waals surface area contributed by atoms with Gasteiger partial charge in [0.05, 0.1) is 30.3 Å². The lowest BCUT2D eigenvalue weighted by Gasteiger charge is -2.59. The van der Waals surface area contributed by atoms with E-state index in [0.29, 0.717) is 24.9 Å². The van der Waals surface area contributed by atoms with E-state index in [0.717, 1.165) is 102 Å². The van der Waals surface area contributed by atoms with Crippen LogP contribution in [0.5, 0.6) is 5.75 Å². The maximum Gasteiger partial charge on any atom is 0.524 e. The number of ether oxygens (including phenoxy) is 5. The summed E-state index contributed by atoms with van der Waals surface area (Å²) in [6.45, 7) is 5.40. The molecule has 5 aliphatic carbocycles. The summed E-state index contributed by atoms with van der Waals surface area (Å²) in [7, 11) is -5.04. The Morgan fingerprint density at radius 1 is 0.873 bits per heavy atom. The molecular weight excluding hydrogens is 1030 g/mol. The second kappa shape index (κ2) is 25.9. The number of nitrogens with one attached hydrogen (secondary N) is 1. The number of hydrogen-bond donors (Lipinski definition) is 5. The number of carbonyl (C=O) groups is 4. The van der Waals surface area contributed by atoms with Gasteiger partial charge < -0.3 is 43.7 Å². The largest absolute Gasteiger partial charge is 0.524 e. The van der Waals surface area contributed by atoms with Gasteiger partial charge >= 0.3 is 19.8 Å². The first kappa shape index (κ1) is 58.8. The van der Waals surface area contributed by atoms with Crippen molar-refractivity contribution in [3.63, 3.8) is 0 Å². The number of aliphatic hydroxyl groups excluding tert-OH is 2. The van der Waals surface area contributed by atoms with Crippen LogP contribution in [0.4, 0.5) is 0 Å². The van der Waals surface area contributed by atoms with Crippen LogP contribution in [-0.2, 0) is 62.1 Å². The molecule has 17 heteroatoms. The zero-order valence-electron chi connectivity index (χ0n) is 45.8. The van der Waals surface area contributed by atoms with Crippen molar-refractivity contribution in [1.82, 2.24) is 5.32 Å². The van der Waals surface area contributed by atoms with Crippen molar-refractivity contribution < 1.29 is 72.0 Å². The van der Waals surface area contributed by atoms with Crippen molar-refractivity contribution in [3.8, 4) is 5.75 Å². The van der Waals surface area contributed by atoms with Gasteiger partial charge in [0, 0.05) is 48.0 Å². The molecule has 79 heavy (non-hydrogen) atoms. The van der Waals surface area contributed by atoms with Crippen LogP contribution in [0.15, 0.2) is 96.6 Å². The highest BCUT2D eigenvalue weighted by Gasteiger charge is 2.76. The predicted molar refractivity (Wildman–Crippen MR) is 293 cm³/mol. The maximum atomic E-state index is 15.1. The number of carbonyl (C=O) groups excluding carboxylic acids is 4. The minimum absolute atomic E-state index is 0.0133. The highest BCUT2D eigenvalue weighted by Crippen LogP contribution is 2.70. The van der Waals surface area contributed by atoms with Gasteiger partial charge in [0.25, 0.3) is 0 Å². The zero-order valence-corrected chi connectivity index (χ0v) is 46.7. The highest BCUT2D eigenvalue weighted by molar-refractivity contribution is 7.46. The quantitative estimate of drug-likeness (QED) is 0.0286. The molecule has 428 valence electrons. The van der Waals surface area contributed by atoms with Gasteiger partial charge in [0.15, 0.2) is 24.3 Å². The molecule has 0 spiro atoms. The molecule has 10 atom stereocenters. The summed E-state index contributed by atoms with van der Waals surface area (Å²) in [5, 5.41) is 26.6. The number of aliphatic hydroxyl groups is 2. The molecule has 0 aromatic heterocycles. The van der Waals surface area contributed by atoms with E-state index in [1.807, 2.05) is 19.1 Å². The van der Waals surface area contributed by atoms with Crippen LogP contribution >= 0.6 is 7.82 Å². The topological polar surface area (TPSA) is 234 Å². The number of Topliss-reactive ketones (excluding diaryl/α,β-unsaturated/α-hetero) is 1. The summed E-state index contributed by atoms with van der Waals surface area (Å²) >= 11 is 0. The Balaban J connectivity index is 0.783. The average molecular weight is 1110 g/mol. The van der Waals surface area contributed by atoms with Crippen LogP contribution < -0.4 is 9.84 Å². The molecule has 0 radical (unpaired) electrons. The molecule has 6 aliphatic rings. The van der Waals surface area contributed by atoms with Gasteiger partial charge in [0.1, 0.15) is 12.4 Å². The van der Waals surface area contributed by atoms with Crippen LogP contribution in [0.3, 0.4) is 0 Å². The monoisotopic (exact) mass is 1110 g/mol. The maximum absolute atomic E-state index is 15.1. The van der Waals surface area contributed by atoms with Crippen LogP contribution in [0, 0.1) is 34.5 Å². The fourth-order valence-electron chi connectivity index (χ4n) is 14.3. The fourth-order valence-corrected chi connectivity index (χ4v) is 14.8. The van der Waals surface area contributed by atoms with E-state index in [1.54, 1.807) is 30.4 Å². The number of rotatable bonds is 26. The number of benzene rings is 3. The molecule has 4 saturated carbocycles. The van der Waals surface area contributed by atoms with Crippen LogP contribution in [0.1, 0.15) is 149 Å². The third kappa shape index (κ3) is 13.4. The lowest BCUT2D eigenvalue weighted by atomic mass is 9.46. The lowest BCUT2D eigenvalue weighted by Crippen LogP contribution is -2.63. The number of esters is 2. The van der Waals surface area contributed by atoms with Crippen molar-refractivity contribution in [2.24, 2.45) is 34.5 Å². The molecule has 3 aromatic rings. The van der Waals surface area contributed by atoms with Gasteiger partial charge in [-0.15, -0.1) is 0 Å². The Hall–Kier alpha value is -4.87. The van der Waals surface area contributed by atoms with Gasteiger partial charge in [-0.3, -0.25) is 24.2 Å². The highest BCUT2D eigenvalue weighted by atomic mass is 31.2. The van der Waals surface area contributed by atoms with E-state index >= 15 is 4.79 Å².